The predicted molar refractivity (Wildman–Crippen MR) is 254 cm³/mol. The Morgan fingerprint density at radius 1 is 0.580 bits per heavy atom. The second-order valence-corrected chi connectivity index (χ2v) is 20.8. The molecule has 0 bridgehead atoms. The minimum absolute atomic E-state index is 0.308. The van der Waals surface area contributed by atoms with Crippen molar-refractivity contribution in [1.29, 1.82) is 0 Å². The molecule has 3 heterocycles. The molecule has 3 spiro atoms. The summed E-state index contributed by atoms with van der Waals surface area (Å²) in [6, 6.07) is 18.6. The molecule has 1 amide bonds. The van der Waals surface area contributed by atoms with Gasteiger partial charge in [0.1, 0.15) is 23.1 Å². The minimum Gasteiger partial charge on any atom is -0.444 e. The van der Waals surface area contributed by atoms with E-state index in [9.17, 15) is 19.2 Å². The fraction of sp³-hybridized carbons (Fsp3) is 0.585. The molecule has 16 nitrogen and oxygen atoms in total. The maximum atomic E-state index is 12.1. The van der Waals surface area contributed by atoms with E-state index in [0.717, 1.165) is 86.8 Å². The van der Waals surface area contributed by atoms with E-state index in [4.69, 9.17) is 42.6 Å². The van der Waals surface area contributed by atoms with Crippen molar-refractivity contribution < 1.29 is 66.5 Å². The standard InChI is InChI=1S/C18H25NO4.C13H17NO2.C12H12O3.C10H18O5/c1-17(2,3)23-16(20)19(4)12-13-5-6-15-14(11-13)7-8-18(15)21-9-10-22-18;1-14-9-10-2-3-12-11(8-10)4-5-13(12)15-6-7-16-13;13-8-9-1-2-11-10(7-9)3-4-12(11)14-5-6-15-12;1-9(2,3)14-7(11)13-8(12)15-10(4,5)6/h5-6,11H,7-10,12H2,1-4H3;2-3,8,14H,4-7,9H2,1H3;1-2,7-8H,3-6H2;1-6H3. The molecule has 16 heteroatoms. The van der Waals surface area contributed by atoms with E-state index in [2.05, 4.69) is 40.4 Å². The lowest BCUT2D eigenvalue weighted by molar-refractivity contribution is -0.163. The van der Waals surface area contributed by atoms with E-state index >= 15 is 0 Å². The van der Waals surface area contributed by atoms with Gasteiger partial charge in [-0.25, -0.2) is 14.4 Å². The van der Waals surface area contributed by atoms with Crippen LogP contribution in [-0.4, -0.2) is 100 Å². The summed E-state index contributed by atoms with van der Waals surface area (Å²) in [5.41, 5.74) is 8.57. The minimum atomic E-state index is -1.06. The summed E-state index contributed by atoms with van der Waals surface area (Å²) in [7, 11) is 3.73. The van der Waals surface area contributed by atoms with Gasteiger partial charge in [0.05, 0.1) is 39.6 Å². The van der Waals surface area contributed by atoms with Crippen LogP contribution >= 0.6 is 0 Å². The number of nitrogens with one attached hydrogen (secondary N) is 1. The molecule has 3 fully saturated rings. The number of hydrogen-bond acceptors (Lipinski definition) is 15. The van der Waals surface area contributed by atoms with Crippen molar-refractivity contribution in [2.75, 3.05) is 53.7 Å². The molecule has 69 heavy (non-hydrogen) atoms. The number of aryl methyl sites for hydroxylation is 3. The van der Waals surface area contributed by atoms with E-state index in [0.29, 0.717) is 33.0 Å². The number of aldehydes is 1. The number of carbonyl (C=O) groups excluding carboxylic acids is 4. The number of rotatable bonds is 5. The Bertz CT molecular complexity index is 2250. The SMILES string of the molecule is CC(C)(C)OC(=O)OC(=O)OC(C)(C)C.CN(Cc1ccc2c(c1)CCC21OCCO1)C(=O)OC(C)(C)C.CNCc1ccc2c(c1)CCC21OCCO1.O=Cc1ccc2c(c1)CCC21OCCO1. The van der Waals surface area contributed by atoms with Gasteiger partial charge in [-0.05, 0) is 123 Å². The Morgan fingerprint density at radius 2 is 0.957 bits per heavy atom. The van der Waals surface area contributed by atoms with Gasteiger partial charge in [0.15, 0.2) is 17.4 Å². The molecule has 6 aliphatic rings. The summed E-state index contributed by atoms with van der Waals surface area (Å²) in [5.74, 6) is -1.44. The van der Waals surface area contributed by atoms with Crippen molar-refractivity contribution in [3.63, 3.8) is 0 Å². The number of carbonyl (C=O) groups is 4. The normalized spacial score (nSPS) is 18.7. The molecule has 0 atom stereocenters. The Morgan fingerprint density at radius 3 is 1.35 bits per heavy atom. The second kappa shape index (κ2) is 22.0. The zero-order valence-electron chi connectivity index (χ0n) is 42.3. The van der Waals surface area contributed by atoms with Crippen LogP contribution in [0, 0.1) is 0 Å². The van der Waals surface area contributed by atoms with Crippen LogP contribution in [-0.2, 0) is 97.1 Å². The Labute approximate surface area is 406 Å². The third-order valence-electron chi connectivity index (χ3n) is 11.7. The monoisotopic (exact) mass is 960 g/mol. The second-order valence-electron chi connectivity index (χ2n) is 20.8. The summed E-state index contributed by atoms with van der Waals surface area (Å²) in [6.45, 7) is 21.1. The molecule has 1 N–H and O–H groups in total. The molecule has 3 aliphatic heterocycles. The van der Waals surface area contributed by atoms with Crippen LogP contribution in [0.25, 0.3) is 0 Å². The zero-order chi connectivity index (χ0) is 50.3. The molecule has 3 aromatic rings. The van der Waals surface area contributed by atoms with E-state index < -0.39 is 46.5 Å². The zero-order valence-corrected chi connectivity index (χ0v) is 42.3. The van der Waals surface area contributed by atoms with Gasteiger partial charge >= 0.3 is 18.4 Å². The molecular formula is C53H72N2O14. The summed E-state index contributed by atoms with van der Waals surface area (Å²) >= 11 is 0. The molecular weight excluding hydrogens is 889 g/mol. The van der Waals surface area contributed by atoms with Crippen molar-refractivity contribution in [3.05, 3.63) is 105 Å². The van der Waals surface area contributed by atoms with Gasteiger partial charge in [-0.15, -0.1) is 0 Å². The summed E-state index contributed by atoms with van der Waals surface area (Å²) < 4.78 is 53.8. The highest BCUT2D eigenvalue weighted by atomic mass is 16.8. The van der Waals surface area contributed by atoms with Gasteiger partial charge in [0, 0.05) is 61.7 Å². The number of nitrogens with zero attached hydrogens (tertiary/aromatic N) is 1. The van der Waals surface area contributed by atoms with Crippen LogP contribution in [0.2, 0.25) is 0 Å². The van der Waals surface area contributed by atoms with E-state index in [1.54, 1.807) is 53.5 Å². The highest BCUT2D eigenvalue weighted by molar-refractivity contribution is 5.77. The first kappa shape index (κ1) is 53.4. The van der Waals surface area contributed by atoms with E-state index in [1.165, 1.54) is 27.8 Å². The Hall–Kier alpha value is -4.94. The third kappa shape index (κ3) is 14.1. The molecule has 0 radical (unpaired) electrons. The summed E-state index contributed by atoms with van der Waals surface area (Å²) in [4.78, 5) is 46.3. The van der Waals surface area contributed by atoms with Crippen molar-refractivity contribution in [2.45, 2.75) is 148 Å². The largest absolute Gasteiger partial charge is 0.519 e. The van der Waals surface area contributed by atoms with Crippen molar-refractivity contribution >= 4 is 24.7 Å². The third-order valence-corrected chi connectivity index (χ3v) is 11.7. The fourth-order valence-corrected chi connectivity index (χ4v) is 8.98. The highest BCUT2D eigenvalue weighted by Crippen LogP contribution is 2.46. The van der Waals surface area contributed by atoms with Gasteiger partial charge in [-0.1, -0.05) is 48.5 Å². The highest BCUT2D eigenvalue weighted by Gasteiger charge is 2.46. The first-order valence-electron chi connectivity index (χ1n) is 23.9. The predicted octanol–water partition coefficient (Wildman–Crippen LogP) is 9.27. The lowest BCUT2D eigenvalue weighted by Crippen LogP contribution is -2.33. The maximum absolute atomic E-state index is 12.1. The average Bonchev–Trinajstić information content (AvgIpc) is 4.14. The molecule has 3 saturated heterocycles. The lowest BCUT2D eigenvalue weighted by atomic mass is 10.0. The Kier molecular flexibility index (Phi) is 17.0. The van der Waals surface area contributed by atoms with Crippen molar-refractivity contribution in [2.24, 2.45) is 0 Å². The first-order valence-corrected chi connectivity index (χ1v) is 23.9. The first-order chi connectivity index (χ1) is 32.5. The van der Waals surface area contributed by atoms with Gasteiger partial charge in [-0.2, -0.15) is 0 Å². The van der Waals surface area contributed by atoms with Crippen LogP contribution < -0.4 is 5.32 Å². The van der Waals surface area contributed by atoms with Gasteiger partial charge in [0.25, 0.3) is 0 Å². The van der Waals surface area contributed by atoms with Crippen molar-refractivity contribution in [1.82, 2.24) is 10.2 Å². The topological polar surface area (TPSA) is 176 Å². The number of hydrogen-bond donors (Lipinski definition) is 1. The Balaban J connectivity index is 0.000000154. The molecule has 0 unspecified atom stereocenters. The quantitative estimate of drug-likeness (QED) is 0.111. The number of benzene rings is 3. The number of ether oxygens (including phenoxy) is 10. The molecule has 0 aromatic heterocycles. The average molecular weight is 961 g/mol. The molecule has 3 aromatic carbocycles. The van der Waals surface area contributed by atoms with Gasteiger partial charge < -0.3 is 57.6 Å². The van der Waals surface area contributed by atoms with Crippen LogP contribution in [0.3, 0.4) is 0 Å². The smallest absolute Gasteiger partial charge is 0.444 e. The van der Waals surface area contributed by atoms with Crippen LogP contribution in [0.15, 0.2) is 54.6 Å². The summed E-state index contributed by atoms with van der Waals surface area (Å²) in [5, 5.41) is 3.17. The van der Waals surface area contributed by atoms with Crippen LogP contribution in [0.1, 0.15) is 136 Å². The summed E-state index contributed by atoms with van der Waals surface area (Å²) in [6.07, 6.45) is 4.08. The molecule has 0 saturated carbocycles. The van der Waals surface area contributed by atoms with Crippen LogP contribution in [0.5, 0.6) is 0 Å². The molecule has 9 rings (SSSR count). The fourth-order valence-electron chi connectivity index (χ4n) is 8.98. The van der Waals surface area contributed by atoms with E-state index in [1.807, 2.05) is 52.1 Å². The van der Waals surface area contributed by atoms with Crippen molar-refractivity contribution in [3.8, 4) is 0 Å². The van der Waals surface area contributed by atoms with Gasteiger partial charge in [0.2, 0.25) is 0 Å². The van der Waals surface area contributed by atoms with E-state index in [-0.39, 0.29) is 6.09 Å². The molecule has 378 valence electrons. The van der Waals surface area contributed by atoms with Crippen LogP contribution in [0.4, 0.5) is 14.4 Å². The lowest BCUT2D eigenvalue weighted by Gasteiger charge is -2.25. The maximum Gasteiger partial charge on any atom is 0.519 e. The molecule has 3 aliphatic carbocycles. The number of fused-ring (bicyclic) bond motifs is 6. The number of amides is 1. The van der Waals surface area contributed by atoms with Gasteiger partial charge in [-0.3, -0.25) is 4.79 Å².